The second kappa shape index (κ2) is 6.38. The predicted molar refractivity (Wildman–Crippen MR) is 105 cm³/mol. The van der Waals surface area contributed by atoms with Crippen LogP contribution in [0.2, 0.25) is 0 Å². The lowest BCUT2D eigenvalue weighted by atomic mass is 9.80. The van der Waals surface area contributed by atoms with Gasteiger partial charge in [-0.3, -0.25) is 9.59 Å². The normalized spacial score (nSPS) is 26.7. The van der Waals surface area contributed by atoms with E-state index in [1.165, 1.54) is 0 Å². The van der Waals surface area contributed by atoms with Crippen LogP contribution in [0.25, 0.3) is 0 Å². The standard InChI is InChI=1S/C23H20O3S/c24-20-16-11-6-7-12-17(16)21(25)22-19(20)18-13-5-2-8-14-23(18,26-22)27-15-9-3-1-4-10-15/h1,3-4,6-7,9-12,18H,2,5,8,13-14H2/t18-,23+/m0/s1. The van der Waals surface area contributed by atoms with E-state index in [9.17, 15) is 9.59 Å². The number of benzene rings is 2. The highest BCUT2D eigenvalue weighted by molar-refractivity contribution is 8.00. The van der Waals surface area contributed by atoms with E-state index in [-0.39, 0.29) is 17.5 Å². The topological polar surface area (TPSA) is 43.4 Å². The molecule has 0 spiro atoms. The van der Waals surface area contributed by atoms with Gasteiger partial charge in [0.2, 0.25) is 5.78 Å². The van der Waals surface area contributed by atoms with Gasteiger partial charge in [0.15, 0.2) is 16.5 Å². The van der Waals surface area contributed by atoms with Gasteiger partial charge in [-0.25, -0.2) is 0 Å². The van der Waals surface area contributed by atoms with Crippen molar-refractivity contribution in [1.82, 2.24) is 0 Å². The van der Waals surface area contributed by atoms with Crippen molar-refractivity contribution in [3.8, 4) is 0 Å². The molecule has 27 heavy (non-hydrogen) atoms. The number of ketones is 2. The number of allylic oxidation sites excluding steroid dienone is 1. The van der Waals surface area contributed by atoms with E-state index in [1.54, 1.807) is 30.0 Å². The Labute approximate surface area is 162 Å². The average Bonchev–Trinajstić information content (AvgIpc) is 2.88. The average molecular weight is 376 g/mol. The molecule has 136 valence electrons. The molecule has 5 rings (SSSR count). The van der Waals surface area contributed by atoms with Gasteiger partial charge in [0.25, 0.3) is 0 Å². The molecule has 2 atom stereocenters. The molecule has 1 fully saturated rings. The summed E-state index contributed by atoms with van der Waals surface area (Å²) in [7, 11) is 0. The van der Waals surface area contributed by atoms with Gasteiger partial charge in [0, 0.05) is 21.9 Å². The summed E-state index contributed by atoms with van der Waals surface area (Å²) < 4.78 is 6.45. The van der Waals surface area contributed by atoms with Gasteiger partial charge in [0.05, 0.1) is 5.57 Å². The largest absolute Gasteiger partial charge is 0.471 e. The van der Waals surface area contributed by atoms with Crippen LogP contribution >= 0.6 is 11.8 Å². The molecule has 2 aliphatic carbocycles. The fourth-order valence-corrected chi connectivity index (χ4v) is 6.01. The van der Waals surface area contributed by atoms with Gasteiger partial charge in [-0.2, -0.15) is 0 Å². The Morgan fingerprint density at radius 1 is 0.852 bits per heavy atom. The summed E-state index contributed by atoms with van der Waals surface area (Å²) in [4.78, 5) is 27.0. The number of rotatable bonds is 2. The highest BCUT2D eigenvalue weighted by atomic mass is 32.2. The number of fused-ring (bicyclic) bond motifs is 3. The lowest BCUT2D eigenvalue weighted by Gasteiger charge is -2.33. The molecule has 0 saturated heterocycles. The predicted octanol–water partition coefficient (Wildman–Crippen LogP) is 5.42. The van der Waals surface area contributed by atoms with E-state index in [4.69, 9.17) is 4.74 Å². The number of hydrogen-bond donors (Lipinski definition) is 0. The Bertz CT molecular complexity index is 963. The fourth-order valence-electron chi connectivity index (χ4n) is 4.57. The number of Topliss-reactive ketones (excluding diaryl/α,β-unsaturated/α-hetero) is 2. The lowest BCUT2D eigenvalue weighted by Crippen LogP contribution is -2.33. The maximum atomic E-state index is 13.3. The van der Waals surface area contributed by atoms with Gasteiger partial charge < -0.3 is 4.74 Å². The van der Waals surface area contributed by atoms with Crippen molar-refractivity contribution in [2.24, 2.45) is 5.92 Å². The third-order valence-electron chi connectivity index (χ3n) is 5.82. The second-order valence-electron chi connectivity index (χ2n) is 7.43. The first-order valence-electron chi connectivity index (χ1n) is 9.55. The minimum atomic E-state index is -0.560. The summed E-state index contributed by atoms with van der Waals surface area (Å²) in [6, 6.07) is 17.3. The maximum absolute atomic E-state index is 13.3. The third-order valence-corrected chi connectivity index (χ3v) is 7.24. The number of hydrogen-bond acceptors (Lipinski definition) is 4. The summed E-state index contributed by atoms with van der Waals surface area (Å²) in [5.74, 6) is 0.1000. The van der Waals surface area contributed by atoms with Crippen molar-refractivity contribution in [3.05, 3.63) is 77.1 Å². The van der Waals surface area contributed by atoms with Gasteiger partial charge >= 0.3 is 0 Å². The molecule has 1 saturated carbocycles. The lowest BCUT2D eigenvalue weighted by molar-refractivity contribution is 0.0593. The van der Waals surface area contributed by atoms with Crippen LogP contribution in [0.4, 0.5) is 0 Å². The van der Waals surface area contributed by atoms with Crippen molar-refractivity contribution in [2.45, 2.75) is 41.9 Å². The number of carbonyl (C=O) groups excluding carboxylic acids is 2. The molecular weight excluding hydrogens is 356 g/mol. The van der Waals surface area contributed by atoms with Gasteiger partial charge in [0.1, 0.15) is 0 Å². The van der Waals surface area contributed by atoms with E-state index in [1.807, 2.05) is 24.3 Å². The molecule has 0 unspecified atom stereocenters. The summed E-state index contributed by atoms with van der Waals surface area (Å²) in [5, 5.41) is 0. The molecule has 0 amide bonds. The number of thioether (sulfide) groups is 1. The van der Waals surface area contributed by atoms with E-state index in [2.05, 4.69) is 12.1 Å². The molecule has 0 N–H and O–H groups in total. The number of ether oxygens (including phenoxy) is 1. The van der Waals surface area contributed by atoms with Crippen LogP contribution in [-0.4, -0.2) is 16.5 Å². The molecule has 1 aliphatic heterocycles. The van der Waals surface area contributed by atoms with E-state index < -0.39 is 4.93 Å². The van der Waals surface area contributed by atoms with Crippen molar-refractivity contribution in [2.75, 3.05) is 0 Å². The zero-order valence-corrected chi connectivity index (χ0v) is 15.8. The first kappa shape index (κ1) is 16.8. The van der Waals surface area contributed by atoms with Crippen molar-refractivity contribution in [3.63, 3.8) is 0 Å². The molecule has 4 heteroatoms. The molecule has 0 aromatic heterocycles. The molecule has 3 aliphatic rings. The van der Waals surface area contributed by atoms with Crippen molar-refractivity contribution < 1.29 is 14.3 Å². The van der Waals surface area contributed by atoms with Crippen LogP contribution in [0.5, 0.6) is 0 Å². The van der Waals surface area contributed by atoms with Crippen LogP contribution in [0.15, 0.2) is 70.8 Å². The van der Waals surface area contributed by atoms with Gasteiger partial charge in [-0.15, -0.1) is 0 Å². The third kappa shape index (κ3) is 2.58. The van der Waals surface area contributed by atoms with Gasteiger partial charge in [-0.05, 0) is 31.4 Å². The minimum absolute atomic E-state index is 0.0253. The molecule has 2 aromatic rings. The second-order valence-corrected chi connectivity index (χ2v) is 8.79. The molecule has 1 heterocycles. The summed E-state index contributed by atoms with van der Waals surface area (Å²) in [6.07, 6.45) is 4.98. The Hall–Kier alpha value is -2.33. The van der Waals surface area contributed by atoms with Crippen molar-refractivity contribution >= 4 is 23.3 Å². The fraction of sp³-hybridized carbons (Fsp3) is 0.304. The highest BCUT2D eigenvalue weighted by Gasteiger charge is 2.56. The molecule has 0 radical (unpaired) electrons. The molecular formula is C23H20O3S. The minimum Gasteiger partial charge on any atom is -0.471 e. The van der Waals surface area contributed by atoms with Crippen molar-refractivity contribution in [1.29, 1.82) is 0 Å². The quantitative estimate of drug-likeness (QED) is 0.702. The zero-order valence-electron chi connectivity index (χ0n) is 14.9. The smallest absolute Gasteiger partial charge is 0.228 e. The monoisotopic (exact) mass is 376 g/mol. The van der Waals surface area contributed by atoms with Crippen LogP contribution < -0.4 is 0 Å². The van der Waals surface area contributed by atoms with Gasteiger partial charge in [-0.1, -0.05) is 67.1 Å². The first-order chi connectivity index (χ1) is 13.2. The summed E-state index contributed by atoms with van der Waals surface area (Å²) in [6.45, 7) is 0. The maximum Gasteiger partial charge on any atom is 0.228 e. The van der Waals surface area contributed by atoms with Crippen LogP contribution in [-0.2, 0) is 4.74 Å². The van der Waals surface area contributed by atoms with Crippen LogP contribution in [0.3, 0.4) is 0 Å². The Balaban J connectivity index is 1.61. The first-order valence-corrected chi connectivity index (χ1v) is 10.4. The highest BCUT2D eigenvalue weighted by Crippen LogP contribution is 2.57. The van der Waals surface area contributed by atoms with E-state index in [0.717, 1.165) is 37.0 Å². The molecule has 3 nitrogen and oxygen atoms in total. The molecule has 2 aromatic carbocycles. The Kier molecular flexibility index (Phi) is 3.97. The Morgan fingerprint density at radius 3 is 2.33 bits per heavy atom. The summed E-state index contributed by atoms with van der Waals surface area (Å²) >= 11 is 1.68. The van der Waals surface area contributed by atoms with E-state index in [0.29, 0.717) is 22.5 Å². The van der Waals surface area contributed by atoms with E-state index >= 15 is 0 Å². The summed E-state index contributed by atoms with van der Waals surface area (Å²) in [5.41, 5.74) is 1.61. The van der Waals surface area contributed by atoms with Crippen LogP contribution in [0.1, 0.15) is 52.8 Å². The number of carbonyl (C=O) groups is 2. The SMILES string of the molecule is O=C1C2=C(C(=O)c3ccccc31)[C@@H]1CCCCC[C@]1(Sc1ccccc1)O2. The molecule has 0 bridgehead atoms. The Morgan fingerprint density at radius 2 is 1.56 bits per heavy atom. The van der Waals surface area contributed by atoms with Crippen LogP contribution in [0, 0.1) is 5.92 Å². The zero-order chi connectivity index (χ0) is 18.4.